The molecule has 0 atom stereocenters. The van der Waals surface area contributed by atoms with Crippen LogP contribution in [0.1, 0.15) is 72.0 Å². The van der Waals surface area contributed by atoms with Gasteiger partial charge in [-0.15, -0.1) is 0 Å². The van der Waals surface area contributed by atoms with E-state index in [9.17, 15) is 9.90 Å². The summed E-state index contributed by atoms with van der Waals surface area (Å²) in [6.45, 7) is 0.679. The van der Waals surface area contributed by atoms with Crippen molar-refractivity contribution in [1.29, 1.82) is 0 Å². The van der Waals surface area contributed by atoms with Crippen LogP contribution in [0.2, 0.25) is 0 Å². The van der Waals surface area contributed by atoms with Crippen molar-refractivity contribution in [2.75, 3.05) is 20.3 Å². The molecule has 2 aromatic rings. The number of methoxy groups -OCH3 is 1. The normalized spacial score (nSPS) is 27.0. The number of rotatable bonds is 6. The minimum atomic E-state index is -0.341. The highest BCUT2D eigenvalue weighted by Gasteiger charge is 2.52. The molecule has 6 rings (SSSR count). The van der Waals surface area contributed by atoms with E-state index in [1.165, 1.54) is 51.2 Å². The number of hydrogen-bond donors (Lipinski definition) is 1. The van der Waals surface area contributed by atoms with Crippen molar-refractivity contribution in [1.82, 2.24) is 0 Å². The average Bonchev–Trinajstić information content (AvgIpc) is 2.82. The van der Waals surface area contributed by atoms with Gasteiger partial charge in [-0.2, -0.15) is 0 Å². The molecule has 0 aliphatic heterocycles. The fraction of sp³-hybridized carbons (Fsp3) is 0.483. The summed E-state index contributed by atoms with van der Waals surface area (Å²) in [6.07, 6.45) is 8.65. The van der Waals surface area contributed by atoms with Crippen molar-refractivity contribution in [2.45, 2.75) is 50.4 Å². The molecule has 0 heterocycles. The van der Waals surface area contributed by atoms with Gasteiger partial charge >= 0.3 is 5.97 Å². The quantitative estimate of drug-likeness (QED) is 0.383. The molecule has 0 spiro atoms. The van der Waals surface area contributed by atoms with Crippen LogP contribution in [0.3, 0.4) is 0 Å². The summed E-state index contributed by atoms with van der Waals surface area (Å²) < 4.78 is 10.9. The first-order chi connectivity index (χ1) is 16.1. The van der Waals surface area contributed by atoms with Crippen LogP contribution in [0, 0.1) is 29.6 Å². The van der Waals surface area contributed by atoms with Crippen LogP contribution in [0.25, 0.3) is 0 Å². The van der Waals surface area contributed by atoms with Gasteiger partial charge in [-0.25, -0.2) is 4.79 Å². The summed E-state index contributed by atoms with van der Waals surface area (Å²) >= 11 is 0. The van der Waals surface area contributed by atoms with E-state index in [1.807, 2.05) is 18.2 Å². The number of hydrogen-bond acceptors (Lipinski definition) is 4. The first-order valence-electron chi connectivity index (χ1n) is 12.2. The lowest BCUT2D eigenvalue weighted by Gasteiger charge is -2.57. The van der Waals surface area contributed by atoms with Gasteiger partial charge < -0.3 is 14.6 Å². The molecule has 4 heteroatoms. The van der Waals surface area contributed by atoms with Gasteiger partial charge in [0.2, 0.25) is 0 Å². The molecular formula is C29H32O4. The Morgan fingerprint density at radius 3 is 2.18 bits per heavy atom. The zero-order valence-corrected chi connectivity index (χ0v) is 19.3. The predicted octanol–water partition coefficient (Wildman–Crippen LogP) is 5.10. The van der Waals surface area contributed by atoms with Crippen LogP contribution in [0.5, 0.6) is 5.75 Å². The molecule has 4 bridgehead atoms. The number of aliphatic hydroxyl groups is 1. The van der Waals surface area contributed by atoms with E-state index in [-0.39, 0.29) is 18.0 Å². The Hall–Kier alpha value is -2.77. The molecule has 2 aromatic carbocycles. The zero-order chi connectivity index (χ0) is 22.8. The summed E-state index contributed by atoms with van der Waals surface area (Å²) in [7, 11) is 1.38. The maximum Gasteiger partial charge on any atom is 0.337 e. The summed E-state index contributed by atoms with van der Waals surface area (Å²) in [5.41, 5.74) is 3.92. The number of ether oxygens (including phenoxy) is 2. The largest absolute Gasteiger partial charge is 0.493 e. The van der Waals surface area contributed by atoms with E-state index in [0.29, 0.717) is 18.6 Å². The van der Waals surface area contributed by atoms with Gasteiger partial charge in [0.25, 0.3) is 0 Å². The Balaban J connectivity index is 1.44. The molecule has 4 aliphatic rings. The summed E-state index contributed by atoms with van der Waals surface area (Å²) in [6, 6.07) is 13.6. The monoisotopic (exact) mass is 444 g/mol. The van der Waals surface area contributed by atoms with E-state index < -0.39 is 0 Å². The number of benzene rings is 2. The second-order valence-corrected chi connectivity index (χ2v) is 10.2. The Morgan fingerprint density at radius 2 is 1.58 bits per heavy atom. The van der Waals surface area contributed by atoms with Gasteiger partial charge in [0, 0.05) is 29.7 Å². The lowest BCUT2D eigenvalue weighted by molar-refractivity contribution is -0.00643. The second kappa shape index (κ2) is 9.23. The first-order valence-corrected chi connectivity index (χ1v) is 12.2. The third-order valence-corrected chi connectivity index (χ3v) is 7.81. The first kappa shape index (κ1) is 22.0. The molecule has 1 N–H and O–H groups in total. The topological polar surface area (TPSA) is 55.8 Å². The predicted molar refractivity (Wildman–Crippen MR) is 127 cm³/mol. The molecule has 0 amide bonds. The van der Waals surface area contributed by atoms with E-state index in [4.69, 9.17) is 9.47 Å². The molecular weight excluding hydrogens is 412 g/mol. The lowest BCUT2D eigenvalue weighted by Crippen LogP contribution is -2.48. The van der Waals surface area contributed by atoms with Gasteiger partial charge in [-0.05, 0) is 104 Å². The fourth-order valence-electron chi connectivity index (χ4n) is 6.79. The van der Waals surface area contributed by atoms with Crippen molar-refractivity contribution < 1.29 is 19.4 Å². The molecule has 4 saturated carbocycles. The Kier molecular flexibility index (Phi) is 6.17. The molecule has 4 aliphatic carbocycles. The van der Waals surface area contributed by atoms with Crippen LogP contribution >= 0.6 is 0 Å². The zero-order valence-electron chi connectivity index (χ0n) is 19.3. The summed E-state index contributed by atoms with van der Waals surface area (Å²) in [5, 5.41) is 9.20. The van der Waals surface area contributed by atoms with Crippen molar-refractivity contribution in [3.63, 3.8) is 0 Å². The molecule has 0 unspecified atom stereocenters. The van der Waals surface area contributed by atoms with Crippen LogP contribution in [0.15, 0.2) is 42.5 Å². The molecule has 33 heavy (non-hydrogen) atoms. The van der Waals surface area contributed by atoms with E-state index in [2.05, 4.69) is 24.0 Å². The maximum absolute atomic E-state index is 11.6. The molecule has 0 radical (unpaired) electrons. The van der Waals surface area contributed by atoms with Crippen LogP contribution in [-0.4, -0.2) is 31.4 Å². The number of carbonyl (C=O) groups is 1. The SMILES string of the molecule is COC(=O)c1ccc(C#Cc2ccc(OCCCO)c(C34CC5CC(CC(C5)C3)C4)c2)cc1. The second-order valence-electron chi connectivity index (χ2n) is 10.2. The molecule has 4 fully saturated rings. The number of esters is 1. The van der Waals surface area contributed by atoms with E-state index in [0.717, 1.165) is 34.6 Å². The molecule has 172 valence electrons. The van der Waals surface area contributed by atoms with Crippen LogP contribution in [-0.2, 0) is 10.2 Å². The van der Waals surface area contributed by atoms with Gasteiger partial charge in [-0.3, -0.25) is 0 Å². The van der Waals surface area contributed by atoms with Gasteiger partial charge in [0.15, 0.2) is 0 Å². The minimum absolute atomic E-state index is 0.144. The number of aliphatic hydroxyl groups excluding tert-OH is 1. The Bertz CT molecular complexity index is 1040. The van der Waals surface area contributed by atoms with Gasteiger partial charge in [0.05, 0.1) is 19.3 Å². The van der Waals surface area contributed by atoms with Crippen molar-refractivity contribution in [3.8, 4) is 17.6 Å². The van der Waals surface area contributed by atoms with E-state index in [1.54, 1.807) is 12.1 Å². The molecule has 0 saturated heterocycles. The highest BCUT2D eigenvalue weighted by Crippen LogP contribution is 2.61. The summed E-state index contributed by atoms with van der Waals surface area (Å²) in [5.74, 6) is 9.75. The van der Waals surface area contributed by atoms with E-state index >= 15 is 0 Å². The van der Waals surface area contributed by atoms with Crippen molar-refractivity contribution >= 4 is 5.97 Å². The average molecular weight is 445 g/mol. The lowest BCUT2D eigenvalue weighted by atomic mass is 9.48. The maximum atomic E-state index is 11.6. The standard InChI is InChI=1S/C29H32O4/c1-32-28(31)25-8-5-20(6-9-25)3-4-21-7-10-27(33-12-2-11-30)26(16-21)29-17-22-13-23(18-29)15-24(14-22)19-29/h5-10,16,22-24,30H,2,11-15,17-19H2,1H3. The van der Waals surface area contributed by atoms with Gasteiger partial charge in [0.1, 0.15) is 5.75 Å². The number of carbonyl (C=O) groups excluding carboxylic acids is 1. The highest BCUT2D eigenvalue weighted by molar-refractivity contribution is 5.89. The third kappa shape index (κ3) is 4.52. The van der Waals surface area contributed by atoms with Crippen molar-refractivity contribution in [3.05, 3.63) is 64.7 Å². The van der Waals surface area contributed by atoms with Crippen LogP contribution in [0.4, 0.5) is 0 Å². The van der Waals surface area contributed by atoms with Crippen LogP contribution < -0.4 is 4.74 Å². The molecule has 0 aromatic heterocycles. The van der Waals surface area contributed by atoms with Gasteiger partial charge in [-0.1, -0.05) is 11.8 Å². The smallest absolute Gasteiger partial charge is 0.337 e. The molecule has 4 nitrogen and oxygen atoms in total. The minimum Gasteiger partial charge on any atom is -0.493 e. The Morgan fingerprint density at radius 1 is 0.970 bits per heavy atom. The Labute approximate surface area is 196 Å². The fourth-order valence-corrected chi connectivity index (χ4v) is 6.79. The highest BCUT2D eigenvalue weighted by atomic mass is 16.5. The third-order valence-electron chi connectivity index (χ3n) is 7.81. The summed E-state index contributed by atoms with van der Waals surface area (Å²) in [4.78, 5) is 11.6. The van der Waals surface area contributed by atoms with Crippen molar-refractivity contribution in [2.24, 2.45) is 17.8 Å².